The molecule has 0 saturated carbocycles. The third-order valence-electron chi connectivity index (χ3n) is 4.59. The molecule has 3 amide bonds. The van der Waals surface area contributed by atoms with Crippen molar-refractivity contribution in [3.8, 4) is 11.5 Å². The second kappa shape index (κ2) is 7.48. The quantitative estimate of drug-likeness (QED) is 0.819. The van der Waals surface area contributed by atoms with Crippen LogP contribution in [0.15, 0.2) is 42.5 Å². The number of carbonyl (C=O) groups is 2. The van der Waals surface area contributed by atoms with Gasteiger partial charge in [0.2, 0.25) is 0 Å². The van der Waals surface area contributed by atoms with Crippen LogP contribution in [0.3, 0.4) is 0 Å². The molecule has 2 heterocycles. The third-order valence-corrected chi connectivity index (χ3v) is 4.87. The van der Waals surface area contributed by atoms with Crippen LogP contribution in [0.25, 0.3) is 0 Å². The van der Waals surface area contributed by atoms with E-state index in [1.807, 2.05) is 30.3 Å². The molecule has 2 aliphatic rings. The average molecular weight is 387 g/mol. The molecular weight excluding hydrogens is 368 g/mol. The van der Waals surface area contributed by atoms with Crippen LogP contribution in [0, 0.1) is 0 Å². The molecule has 1 fully saturated rings. The maximum atomic E-state index is 12.7. The number of benzene rings is 2. The van der Waals surface area contributed by atoms with E-state index in [0.717, 1.165) is 12.0 Å². The molecule has 4 rings (SSSR count). The average Bonchev–Trinajstić information content (AvgIpc) is 2.83. The predicted octanol–water partition coefficient (Wildman–Crippen LogP) is 3.16. The van der Waals surface area contributed by atoms with Gasteiger partial charge in [-0.3, -0.25) is 9.69 Å². The molecule has 2 aromatic carbocycles. The Bertz CT molecular complexity index is 872. The number of nitrogens with zero attached hydrogens (tertiary/aromatic N) is 1. The van der Waals surface area contributed by atoms with Gasteiger partial charge >= 0.3 is 6.03 Å². The van der Waals surface area contributed by atoms with Crippen LogP contribution in [-0.2, 0) is 17.8 Å². The summed E-state index contributed by atoms with van der Waals surface area (Å²) in [6.45, 7) is 1.21. The van der Waals surface area contributed by atoms with Crippen LogP contribution in [0.4, 0.5) is 4.79 Å². The van der Waals surface area contributed by atoms with E-state index in [-0.39, 0.29) is 12.5 Å². The van der Waals surface area contributed by atoms with Gasteiger partial charge < -0.3 is 14.8 Å². The molecule has 6 nitrogen and oxygen atoms in total. The summed E-state index contributed by atoms with van der Waals surface area (Å²) < 4.78 is 11.3. The molecule has 1 atom stereocenters. The van der Waals surface area contributed by atoms with Gasteiger partial charge in [-0.2, -0.15) is 0 Å². The first-order valence-corrected chi connectivity index (χ1v) is 9.23. The van der Waals surface area contributed by atoms with Crippen molar-refractivity contribution in [3.05, 3.63) is 58.6 Å². The number of amides is 3. The van der Waals surface area contributed by atoms with Crippen molar-refractivity contribution in [3.63, 3.8) is 0 Å². The summed E-state index contributed by atoms with van der Waals surface area (Å²) in [6, 6.07) is 12.1. The highest BCUT2D eigenvalue weighted by atomic mass is 35.5. The fourth-order valence-electron chi connectivity index (χ4n) is 3.27. The van der Waals surface area contributed by atoms with Crippen LogP contribution < -0.4 is 14.8 Å². The van der Waals surface area contributed by atoms with E-state index in [1.54, 1.807) is 12.1 Å². The highest BCUT2D eigenvalue weighted by molar-refractivity contribution is 6.32. The topological polar surface area (TPSA) is 67.9 Å². The summed E-state index contributed by atoms with van der Waals surface area (Å²) in [4.78, 5) is 26.2. The summed E-state index contributed by atoms with van der Waals surface area (Å²) in [7, 11) is 0. The predicted molar refractivity (Wildman–Crippen MR) is 100 cm³/mol. The number of hydrogen-bond acceptors (Lipinski definition) is 4. The monoisotopic (exact) mass is 386 g/mol. The Morgan fingerprint density at radius 2 is 1.85 bits per heavy atom. The van der Waals surface area contributed by atoms with Gasteiger partial charge in [0.15, 0.2) is 11.5 Å². The molecule has 0 bridgehead atoms. The first-order valence-electron chi connectivity index (χ1n) is 8.85. The van der Waals surface area contributed by atoms with Crippen LogP contribution >= 0.6 is 11.6 Å². The lowest BCUT2D eigenvalue weighted by molar-refractivity contribution is -0.127. The molecule has 0 spiro atoms. The first-order chi connectivity index (χ1) is 13.1. The minimum absolute atomic E-state index is 0.131. The van der Waals surface area contributed by atoms with Crippen molar-refractivity contribution < 1.29 is 19.1 Å². The van der Waals surface area contributed by atoms with Crippen LogP contribution in [0.5, 0.6) is 11.5 Å². The van der Waals surface area contributed by atoms with Crippen LogP contribution in [0.2, 0.25) is 5.02 Å². The Labute approximate surface area is 162 Å². The molecule has 0 radical (unpaired) electrons. The minimum atomic E-state index is -0.559. The van der Waals surface area contributed by atoms with Gasteiger partial charge in [0.05, 0.1) is 24.8 Å². The molecular formula is C20H19ClN2O4. The lowest BCUT2D eigenvalue weighted by Crippen LogP contribution is -2.32. The van der Waals surface area contributed by atoms with E-state index in [0.29, 0.717) is 41.7 Å². The van der Waals surface area contributed by atoms with Gasteiger partial charge in [-0.1, -0.05) is 41.9 Å². The van der Waals surface area contributed by atoms with E-state index >= 15 is 0 Å². The fourth-order valence-corrected chi connectivity index (χ4v) is 3.56. The van der Waals surface area contributed by atoms with E-state index < -0.39 is 12.1 Å². The van der Waals surface area contributed by atoms with Crippen LogP contribution in [0.1, 0.15) is 17.5 Å². The number of urea groups is 1. The highest BCUT2D eigenvalue weighted by Gasteiger charge is 2.38. The Morgan fingerprint density at radius 3 is 2.67 bits per heavy atom. The van der Waals surface area contributed by atoms with Gasteiger partial charge in [0.1, 0.15) is 6.04 Å². The zero-order chi connectivity index (χ0) is 18.8. The Hall–Kier alpha value is -2.73. The number of carbonyl (C=O) groups excluding carboxylic acids is 2. The van der Waals surface area contributed by atoms with Gasteiger partial charge in [-0.15, -0.1) is 0 Å². The summed E-state index contributed by atoms with van der Waals surface area (Å²) in [5, 5.41) is 3.17. The molecule has 2 aromatic rings. The van der Waals surface area contributed by atoms with E-state index in [2.05, 4.69) is 5.32 Å². The summed E-state index contributed by atoms with van der Waals surface area (Å²) in [6.07, 6.45) is 1.23. The van der Waals surface area contributed by atoms with Crippen molar-refractivity contribution >= 4 is 23.5 Å². The molecule has 7 heteroatoms. The molecule has 0 aliphatic carbocycles. The van der Waals surface area contributed by atoms with Crippen molar-refractivity contribution in [2.24, 2.45) is 0 Å². The second-order valence-electron chi connectivity index (χ2n) is 6.57. The van der Waals surface area contributed by atoms with E-state index in [1.165, 1.54) is 4.90 Å². The Balaban J connectivity index is 1.51. The normalized spacial score (nSPS) is 19.0. The zero-order valence-electron chi connectivity index (χ0n) is 14.6. The number of imide groups is 1. The van der Waals surface area contributed by atoms with Gasteiger partial charge in [0, 0.05) is 12.8 Å². The number of ether oxygens (including phenoxy) is 2. The smallest absolute Gasteiger partial charge is 0.325 e. The van der Waals surface area contributed by atoms with Crippen molar-refractivity contribution in [1.29, 1.82) is 0 Å². The maximum absolute atomic E-state index is 12.7. The number of nitrogens with one attached hydrogen (secondary N) is 1. The summed E-state index contributed by atoms with van der Waals surface area (Å²) >= 11 is 6.31. The largest absolute Gasteiger partial charge is 0.489 e. The van der Waals surface area contributed by atoms with Gasteiger partial charge in [0.25, 0.3) is 5.91 Å². The standard InChI is InChI=1S/C20H19ClN2O4/c21-15-9-14(11-17-18(15)27-8-4-7-26-17)12-23-19(24)16(22-20(23)25)10-13-5-2-1-3-6-13/h1-3,5-6,9,11,16H,4,7-8,10,12H2,(H,22,25). The molecule has 1 unspecified atom stereocenters. The molecule has 2 aliphatic heterocycles. The first kappa shape index (κ1) is 17.7. The molecule has 27 heavy (non-hydrogen) atoms. The second-order valence-corrected chi connectivity index (χ2v) is 6.98. The lowest BCUT2D eigenvalue weighted by Gasteiger charge is -2.16. The van der Waals surface area contributed by atoms with Gasteiger partial charge in [-0.05, 0) is 23.3 Å². The lowest BCUT2D eigenvalue weighted by atomic mass is 10.1. The number of hydrogen-bond donors (Lipinski definition) is 1. The van der Waals surface area contributed by atoms with Crippen molar-refractivity contribution in [1.82, 2.24) is 10.2 Å². The number of fused-ring (bicyclic) bond motifs is 1. The third kappa shape index (κ3) is 3.71. The SMILES string of the molecule is O=C1NC(Cc2ccccc2)C(=O)N1Cc1cc(Cl)c2c(c1)OCCCO2. The Morgan fingerprint density at radius 1 is 1.07 bits per heavy atom. The Kier molecular flexibility index (Phi) is 4.90. The zero-order valence-corrected chi connectivity index (χ0v) is 15.4. The summed E-state index contributed by atoms with van der Waals surface area (Å²) in [5.74, 6) is 0.812. The molecule has 140 valence electrons. The van der Waals surface area contributed by atoms with E-state index in [9.17, 15) is 9.59 Å². The molecule has 1 saturated heterocycles. The highest BCUT2D eigenvalue weighted by Crippen LogP contribution is 2.38. The number of rotatable bonds is 4. The van der Waals surface area contributed by atoms with Crippen molar-refractivity contribution in [2.45, 2.75) is 25.4 Å². The maximum Gasteiger partial charge on any atom is 0.325 e. The summed E-state index contributed by atoms with van der Waals surface area (Å²) in [5.41, 5.74) is 1.71. The number of halogens is 1. The van der Waals surface area contributed by atoms with E-state index in [4.69, 9.17) is 21.1 Å². The van der Waals surface area contributed by atoms with Crippen LogP contribution in [-0.4, -0.2) is 36.1 Å². The molecule has 0 aromatic heterocycles. The van der Waals surface area contributed by atoms with Gasteiger partial charge in [-0.25, -0.2) is 4.79 Å². The fraction of sp³-hybridized carbons (Fsp3) is 0.300. The van der Waals surface area contributed by atoms with Crippen molar-refractivity contribution in [2.75, 3.05) is 13.2 Å². The minimum Gasteiger partial charge on any atom is -0.489 e. The molecule has 1 N–H and O–H groups in total.